The van der Waals surface area contributed by atoms with Crippen LogP contribution >= 0.6 is 0 Å². The topological polar surface area (TPSA) is 91.4 Å². The predicted molar refractivity (Wildman–Crippen MR) is 107 cm³/mol. The minimum absolute atomic E-state index is 0.184. The first-order valence-corrected chi connectivity index (χ1v) is 9.38. The second-order valence-electron chi connectivity index (χ2n) is 6.64. The Bertz CT molecular complexity index is 880. The molecular formula is C21H24N4O3. The number of amides is 2. The Morgan fingerprint density at radius 3 is 2.79 bits per heavy atom. The molecule has 0 saturated heterocycles. The first-order valence-electron chi connectivity index (χ1n) is 9.38. The summed E-state index contributed by atoms with van der Waals surface area (Å²) in [5.41, 5.74) is 4.14. The Hall–Kier alpha value is -3.22. The van der Waals surface area contributed by atoms with E-state index in [-0.39, 0.29) is 18.2 Å². The van der Waals surface area contributed by atoms with E-state index in [2.05, 4.69) is 15.6 Å². The maximum Gasteiger partial charge on any atom is 0.255 e. The molecule has 2 aromatic rings. The van der Waals surface area contributed by atoms with Gasteiger partial charge in [-0.3, -0.25) is 14.6 Å². The SMILES string of the molecule is CCNc1ccc(-c2ccc3c(c2)CN(C(CCC=O)C(=O)NC)C3=O)nc1. The van der Waals surface area contributed by atoms with Crippen molar-refractivity contribution in [1.82, 2.24) is 15.2 Å². The number of hydrogen-bond acceptors (Lipinski definition) is 5. The van der Waals surface area contributed by atoms with E-state index in [0.29, 0.717) is 18.5 Å². The van der Waals surface area contributed by atoms with E-state index in [0.717, 1.165) is 35.3 Å². The van der Waals surface area contributed by atoms with E-state index < -0.39 is 6.04 Å². The summed E-state index contributed by atoms with van der Waals surface area (Å²) >= 11 is 0. The van der Waals surface area contributed by atoms with Gasteiger partial charge in [-0.2, -0.15) is 0 Å². The number of anilines is 1. The molecule has 146 valence electrons. The molecule has 0 saturated carbocycles. The van der Waals surface area contributed by atoms with Crippen molar-refractivity contribution in [2.75, 3.05) is 18.9 Å². The van der Waals surface area contributed by atoms with E-state index in [1.165, 1.54) is 7.05 Å². The molecule has 1 unspecified atom stereocenters. The van der Waals surface area contributed by atoms with Gasteiger partial charge in [-0.25, -0.2) is 0 Å². The highest BCUT2D eigenvalue weighted by Crippen LogP contribution is 2.30. The zero-order valence-corrected chi connectivity index (χ0v) is 16.1. The molecule has 0 fully saturated rings. The Balaban J connectivity index is 1.84. The average molecular weight is 380 g/mol. The summed E-state index contributed by atoms with van der Waals surface area (Å²) in [5.74, 6) is -0.444. The van der Waals surface area contributed by atoms with Gasteiger partial charge in [-0.15, -0.1) is 0 Å². The number of benzene rings is 1. The molecule has 28 heavy (non-hydrogen) atoms. The van der Waals surface area contributed by atoms with Crippen molar-refractivity contribution in [2.45, 2.75) is 32.4 Å². The Morgan fingerprint density at radius 2 is 2.14 bits per heavy atom. The lowest BCUT2D eigenvalue weighted by Crippen LogP contribution is -2.46. The lowest BCUT2D eigenvalue weighted by Gasteiger charge is -2.25. The zero-order valence-electron chi connectivity index (χ0n) is 16.1. The molecule has 1 aromatic carbocycles. The highest BCUT2D eigenvalue weighted by atomic mass is 16.2. The summed E-state index contributed by atoms with van der Waals surface area (Å²) in [6.45, 7) is 3.20. The standard InChI is InChI=1S/C21H24N4O3/c1-3-23-16-7-9-18(24-12-16)14-6-8-17-15(11-14)13-25(21(17)28)19(5-4-10-26)20(27)22-2/h6-12,19,23H,3-5,13H2,1-2H3,(H,22,27). The minimum atomic E-state index is -0.656. The number of nitrogens with one attached hydrogen (secondary N) is 2. The van der Waals surface area contributed by atoms with Crippen molar-refractivity contribution in [1.29, 1.82) is 0 Å². The molecule has 3 rings (SSSR count). The zero-order chi connectivity index (χ0) is 20.1. The first kappa shape index (κ1) is 19.5. The second-order valence-corrected chi connectivity index (χ2v) is 6.64. The normalized spacial score (nSPS) is 13.8. The number of carbonyl (C=O) groups is 3. The van der Waals surface area contributed by atoms with Crippen LogP contribution in [0.3, 0.4) is 0 Å². The highest BCUT2D eigenvalue weighted by Gasteiger charge is 2.35. The van der Waals surface area contributed by atoms with E-state index in [1.54, 1.807) is 17.2 Å². The molecule has 0 spiro atoms. The van der Waals surface area contributed by atoms with Gasteiger partial charge in [0.15, 0.2) is 0 Å². The van der Waals surface area contributed by atoms with Crippen molar-refractivity contribution in [2.24, 2.45) is 0 Å². The van der Waals surface area contributed by atoms with E-state index in [9.17, 15) is 14.4 Å². The summed E-state index contributed by atoms with van der Waals surface area (Å²) in [5, 5.41) is 5.79. The third-order valence-electron chi connectivity index (χ3n) is 4.86. The van der Waals surface area contributed by atoms with Gasteiger partial charge in [0.25, 0.3) is 5.91 Å². The van der Waals surface area contributed by atoms with Crippen molar-refractivity contribution in [3.05, 3.63) is 47.7 Å². The summed E-state index contributed by atoms with van der Waals surface area (Å²) < 4.78 is 0. The lowest BCUT2D eigenvalue weighted by molar-refractivity contribution is -0.125. The number of pyridine rings is 1. The fourth-order valence-electron chi connectivity index (χ4n) is 3.45. The summed E-state index contributed by atoms with van der Waals surface area (Å²) in [6.07, 6.45) is 3.09. The molecule has 1 aromatic heterocycles. The lowest BCUT2D eigenvalue weighted by atomic mass is 10.0. The van der Waals surface area contributed by atoms with Gasteiger partial charge in [0.2, 0.25) is 5.91 Å². The van der Waals surface area contributed by atoms with E-state index in [4.69, 9.17) is 0 Å². The maximum atomic E-state index is 12.8. The second kappa shape index (κ2) is 8.65. The monoisotopic (exact) mass is 380 g/mol. The molecule has 2 N–H and O–H groups in total. The molecule has 0 radical (unpaired) electrons. The van der Waals surface area contributed by atoms with Crippen LogP contribution in [0.5, 0.6) is 0 Å². The average Bonchev–Trinajstić information content (AvgIpc) is 3.04. The Labute approximate surface area is 164 Å². The number of likely N-dealkylation sites (N-methyl/N-ethyl adjacent to an activating group) is 1. The van der Waals surface area contributed by atoms with Gasteiger partial charge < -0.3 is 20.3 Å². The van der Waals surface area contributed by atoms with Gasteiger partial charge in [-0.1, -0.05) is 6.07 Å². The highest BCUT2D eigenvalue weighted by molar-refractivity contribution is 6.01. The molecule has 0 aliphatic carbocycles. The molecule has 7 heteroatoms. The molecular weight excluding hydrogens is 356 g/mol. The minimum Gasteiger partial charge on any atom is -0.384 e. The van der Waals surface area contributed by atoms with Gasteiger partial charge in [0, 0.05) is 37.7 Å². The predicted octanol–water partition coefficient (Wildman–Crippen LogP) is 2.23. The third kappa shape index (κ3) is 3.88. The smallest absolute Gasteiger partial charge is 0.255 e. The van der Waals surface area contributed by atoms with Crippen molar-refractivity contribution >= 4 is 23.8 Å². The Kier molecular flexibility index (Phi) is 6.03. The van der Waals surface area contributed by atoms with Crippen molar-refractivity contribution in [3.63, 3.8) is 0 Å². The fraction of sp³-hybridized carbons (Fsp3) is 0.333. The van der Waals surface area contributed by atoms with Gasteiger partial charge in [-0.05, 0) is 43.2 Å². The summed E-state index contributed by atoms with van der Waals surface area (Å²) in [7, 11) is 1.53. The van der Waals surface area contributed by atoms with Crippen LogP contribution in [0.1, 0.15) is 35.7 Å². The molecule has 1 atom stereocenters. The number of aldehydes is 1. The number of rotatable bonds is 8. The molecule has 0 bridgehead atoms. The van der Waals surface area contributed by atoms with Crippen LogP contribution in [0.2, 0.25) is 0 Å². The molecule has 2 heterocycles. The quantitative estimate of drug-likeness (QED) is 0.685. The van der Waals surface area contributed by atoms with E-state index in [1.807, 2.05) is 31.2 Å². The maximum absolute atomic E-state index is 12.8. The van der Waals surface area contributed by atoms with Crippen LogP contribution in [0, 0.1) is 0 Å². The van der Waals surface area contributed by atoms with E-state index >= 15 is 0 Å². The van der Waals surface area contributed by atoms with Crippen LogP contribution in [0.4, 0.5) is 5.69 Å². The fourth-order valence-corrected chi connectivity index (χ4v) is 3.45. The van der Waals surface area contributed by atoms with Crippen molar-refractivity contribution < 1.29 is 14.4 Å². The summed E-state index contributed by atoms with van der Waals surface area (Å²) in [4.78, 5) is 41.8. The number of nitrogens with zero attached hydrogens (tertiary/aromatic N) is 2. The molecule has 7 nitrogen and oxygen atoms in total. The number of fused-ring (bicyclic) bond motifs is 1. The van der Waals surface area contributed by atoms with Gasteiger partial charge in [0.05, 0.1) is 17.6 Å². The Morgan fingerprint density at radius 1 is 1.32 bits per heavy atom. The van der Waals surface area contributed by atoms with Crippen LogP contribution < -0.4 is 10.6 Å². The number of aromatic nitrogens is 1. The van der Waals surface area contributed by atoms with Crippen LogP contribution in [0.25, 0.3) is 11.3 Å². The molecule has 2 amide bonds. The van der Waals surface area contributed by atoms with Gasteiger partial charge >= 0.3 is 0 Å². The molecule has 1 aliphatic heterocycles. The largest absolute Gasteiger partial charge is 0.384 e. The molecule has 1 aliphatic rings. The van der Waals surface area contributed by atoms with Crippen LogP contribution in [-0.2, 0) is 16.1 Å². The number of hydrogen-bond donors (Lipinski definition) is 2. The van der Waals surface area contributed by atoms with Crippen molar-refractivity contribution in [3.8, 4) is 11.3 Å². The first-order chi connectivity index (χ1) is 13.6. The van der Waals surface area contributed by atoms with Gasteiger partial charge in [0.1, 0.15) is 12.3 Å². The summed E-state index contributed by atoms with van der Waals surface area (Å²) in [6, 6.07) is 8.85. The van der Waals surface area contributed by atoms with Crippen LogP contribution in [0.15, 0.2) is 36.5 Å². The number of carbonyl (C=O) groups excluding carboxylic acids is 3. The third-order valence-corrected chi connectivity index (χ3v) is 4.86. The van der Waals surface area contributed by atoms with Crippen LogP contribution in [-0.4, -0.2) is 47.6 Å².